The molecule has 8 heteroatoms. The fraction of sp³-hybridized carbons (Fsp3) is 0.118. The highest BCUT2D eigenvalue weighted by Gasteiger charge is 2.20. The number of carbonyl (C=O) groups is 1. The number of carbonyl (C=O) groups excluding carboxylic acids is 1. The number of ketones is 1. The van der Waals surface area contributed by atoms with Gasteiger partial charge in [-0.3, -0.25) is 9.52 Å². The molecule has 0 bridgehead atoms. The van der Waals surface area contributed by atoms with E-state index in [1.165, 1.54) is 12.1 Å². The average molecular weight is 365 g/mol. The van der Waals surface area contributed by atoms with Gasteiger partial charge in [-0.2, -0.15) is 0 Å². The molecule has 0 aliphatic heterocycles. The van der Waals surface area contributed by atoms with E-state index in [1.54, 1.807) is 12.2 Å². The lowest BCUT2D eigenvalue weighted by atomic mass is 9.95. The largest absolute Gasteiger partial charge is 0.452 e. The van der Waals surface area contributed by atoms with Crippen molar-refractivity contribution in [1.82, 2.24) is 0 Å². The summed E-state index contributed by atoms with van der Waals surface area (Å²) in [6.07, 6.45) is 4.51. The first-order valence-corrected chi connectivity index (χ1v) is 9.10. The maximum absolute atomic E-state index is 13.8. The molecular formula is C17H13F2NO4S. The number of rotatable bonds is 4. The molecule has 0 unspecified atom stereocenters. The molecule has 2 aromatic rings. The molecule has 1 N–H and O–H groups in total. The van der Waals surface area contributed by atoms with Crippen LogP contribution >= 0.6 is 0 Å². The number of allylic oxidation sites excluding steroid dienone is 1. The van der Waals surface area contributed by atoms with Gasteiger partial charge >= 0.3 is 0 Å². The molecule has 0 heterocycles. The van der Waals surface area contributed by atoms with Crippen molar-refractivity contribution in [3.63, 3.8) is 0 Å². The van der Waals surface area contributed by atoms with E-state index in [2.05, 4.69) is 4.72 Å². The summed E-state index contributed by atoms with van der Waals surface area (Å²) in [6.45, 7) is 0. The van der Waals surface area contributed by atoms with Crippen molar-refractivity contribution in [3.8, 4) is 11.5 Å². The molecule has 130 valence electrons. The highest BCUT2D eigenvalue weighted by Crippen LogP contribution is 2.36. The minimum atomic E-state index is -3.64. The standard InChI is InChI=1S/C17H13F2NO4S/c1-25(22,23)20-14-7-10-3-2-4-15(21)12(10)9-17(14)24-16-6-5-11(18)8-13(16)19/h2-3,5-9,20H,4H2,1H3. The summed E-state index contributed by atoms with van der Waals surface area (Å²) in [5.74, 6) is -2.25. The highest BCUT2D eigenvalue weighted by atomic mass is 32.2. The van der Waals surface area contributed by atoms with E-state index in [0.717, 1.165) is 18.4 Å². The zero-order chi connectivity index (χ0) is 18.2. The summed E-state index contributed by atoms with van der Waals surface area (Å²) in [5, 5.41) is 0. The first-order valence-electron chi connectivity index (χ1n) is 7.21. The normalized spacial score (nSPS) is 13.5. The van der Waals surface area contributed by atoms with Gasteiger partial charge in [0.1, 0.15) is 5.82 Å². The predicted molar refractivity (Wildman–Crippen MR) is 89.3 cm³/mol. The number of Topliss-reactive ketones (excluding diaryl/α,β-unsaturated/α-hetero) is 1. The molecule has 0 aromatic heterocycles. The van der Waals surface area contributed by atoms with Crippen LogP contribution in [0.4, 0.5) is 14.5 Å². The van der Waals surface area contributed by atoms with Crippen LogP contribution in [0.15, 0.2) is 36.4 Å². The van der Waals surface area contributed by atoms with Crippen LogP contribution in [0.5, 0.6) is 11.5 Å². The van der Waals surface area contributed by atoms with E-state index in [0.29, 0.717) is 17.2 Å². The Labute approximate surface area is 143 Å². The number of fused-ring (bicyclic) bond motifs is 1. The van der Waals surface area contributed by atoms with Crippen molar-refractivity contribution in [1.29, 1.82) is 0 Å². The number of hydrogen-bond donors (Lipinski definition) is 1. The molecule has 0 saturated carbocycles. The molecule has 0 saturated heterocycles. The van der Waals surface area contributed by atoms with Gasteiger partial charge in [0.2, 0.25) is 10.0 Å². The van der Waals surface area contributed by atoms with E-state index < -0.39 is 21.7 Å². The first kappa shape index (κ1) is 17.1. The Bertz CT molecular complexity index is 1000. The van der Waals surface area contributed by atoms with Gasteiger partial charge in [-0.1, -0.05) is 12.2 Å². The van der Waals surface area contributed by atoms with Crippen LogP contribution < -0.4 is 9.46 Å². The number of halogens is 2. The lowest BCUT2D eigenvalue weighted by molar-refractivity contribution is 0.0994. The van der Waals surface area contributed by atoms with E-state index in [4.69, 9.17) is 4.74 Å². The maximum Gasteiger partial charge on any atom is 0.229 e. The fourth-order valence-electron chi connectivity index (χ4n) is 2.42. The van der Waals surface area contributed by atoms with Gasteiger partial charge in [-0.15, -0.1) is 0 Å². The summed E-state index contributed by atoms with van der Waals surface area (Å²) in [4.78, 5) is 12.0. The Balaban J connectivity index is 2.10. The van der Waals surface area contributed by atoms with Gasteiger partial charge in [0.15, 0.2) is 23.1 Å². The zero-order valence-electron chi connectivity index (χ0n) is 13.0. The molecule has 0 radical (unpaired) electrons. The van der Waals surface area contributed by atoms with Crippen molar-refractivity contribution in [2.24, 2.45) is 0 Å². The second-order valence-electron chi connectivity index (χ2n) is 5.52. The number of sulfonamides is 1. The molecule has 5 nitrogen and oxygen atoms in total. The minimum absolute atomic E-state index is 0.0457. The third kappa shape index (κ3) is 3.85. The van der Waals surface area contributed by atoms with E-state index in [9.17, 15) is 22.0 Å². The number of nitrogens with one attached hydrogen (secondary N) is 1. The Kier molecular flexibility index (Phi) is 4.30. The van der Waals surface area contributed by atoms with Crippen LogP contribution in [0.1, 0.15) is 22.3 Å². The van der Waals surface area contributed by atoms with Crippen molar-refractivity contribution in [2.75, 3.05) is 11.0 Å². The Morgan fingerprint density at radius 1 is 1.12 bits per heavy atom. The van der Waals surface area contributed by atoms with E-state index in [-0.39, 0.29) is 29.4 Å². The van der Waals surface area contributed by atoms with Crippen LogP contribution in [0.3, 0.4) is 0 Å². The van der Waals surface area contributed by atoms with Crippen molar-refractivity contribution >= 4 is 27.6 Å². The zero-order valence-corrected chi connectivity index (χ0v) is 13.9. The number of benzene rings is 2. The lowest BCUT2D eigenvalue weighted by Gasteiger charge is -2.17. The van der Waals surface area contributed by atoms with Crippen molar-refractivity contribution < 1.29 is 26.7 Å². The maximum atomic E-state index is 13.8. The fourth-order valence-corrected chi connectivity index (χ4v) is 2.98. The second kappa shape index (κ2) is 6.29. The average Bonchev–Trinajstić information content (AvgIpc) is 2.50. The minimum Gasteiger partial charge on any atom is -0.452 e. The van der Waals surface area contributed by atoms with Gasteiger partial charge in [-0.25, -0.2) is 17.2 Å². The molecule has 25 heavy (non-hydrogen) atoms. The Hall–Kier alpha value is -2.74. The summed E-state index contributed by atoms with van der Waals surface area (Å²) in [5.41, 5.74) is 0.901. The van der Waals surface area contributed by atoms with Crippen molar-refractivity contribution in [2.45, 2.75) is 6.42 Å². The molecule has 0 amide bonds. The quantitative estimate of drug-likeness (QED) is 0.896. The van der Waals surface area contributed by atoms with E-state index in [1.807, 2.05) is 0 Å². The van der Waals surface area contributed by atoms with Crippen molar-refractivity contribution in [3.05, 3.63) is 59.2 Å². The summed E-state index contributed by atoms with van der Waals surface area (Å²) in [7, 11) is -3.64. The highest BCUT2D eigenvalue weighted by molar-refractivity contribution is 7.92. The number of hydrogen-bond acceptors (Lipinski definition) is 4. The van der Waals surface area contributed by atoms with Gasteiger partial charge in [0.05, 0.1) is 11.9 Å². The van der Waals surface area contributed by atoms with Crippen LogP contribution in [0, 0.1) is 11.6 Å². The molecule has 0 fully saturated rings. The van der Waals surface area contributed by atoms with Crippen LogP contribution in [0.25, 0.3) is 6.08 Å². The topological polar surface area (TPSA) is 72.5 Å². The summed E-state index contributed by atoms with van der Waals surface area (Å²) >= 11 is 0. The SMILES string of the molecule is CS(=O)(=O)Nc1cc2c(cc1Oc1ccc(F)cc1F)C(=O)CC=C2. The summed E-state index contributed by atoms with van der Waals surface area (Å²) in [6, 6.07) is 5.51. The monoisotopic (exact) mass is 365 g/mol. The third-order valence-corrected chi connectivity index (χ3v) is 4.05. The van der Waals surface area contributed by atoms with E-state index >= 15 is 0 Å². The molecule has 2 aromatic carbocycles. The summed E-state index contributed by atoms with van der Waals surface area (Å²) < 4.78 is 57.7. The van der Waals surface area contributed by atoms with Crippen LogP contribution in [-0.2, 0) is 10.0 Å². The van der Waals surface area contributed by atoms with Crippen LogP contribution in [0.2, 0.25) is 0 Å². The predicted octanol–water partition coefficient (Wildman–Crippen LogP) is 3.73. The second-order valence-corrected chi connectivity index (χ2v) is 7.26. The molecule has 1 aliphatic rings. The van der Waals surface area contributed by atoms with Gasteiger partial charge in [-0.05, 0) is 29.8 Å². The van der Waals surface area contributed by atoms with Gasteiger partial charge in [0, 0.05) is 18.1 Å². The number of ether oxygens (including phenoxy) is 1. The molecule has 0 spiro atoms. The van der Waals surface area contributed by atoms with Gasteiger partial charge < -0.3 is 4.74 Å². The molecule has 3 rings (SSSR count). The molecule has 1 aliphatic carbocycles. The third-order valence-electron chi connectivity index (χ3n) is 3.46. The Morgan fingerprint density at radius 3 is 2.56 bits per heavy atom. The molecule has 0 atom stereocenters. The Morgan fingerprint density at radius 2 is 1.88 bits per heavy atom. The first-order chi connectivity index (χ1) is 11.7. The smallest absolute Gasteiger partial charge is 0.229 e. The number of anilines is 1. The lowest BCUT2D eigenvalue weighted by Crippen LogP contribution is -2.12. The molecular weight excluding hydrogens is 352 g/mol. The van der Waals surface area contributed by atoms with Gasteiger partial charge in [0.25, 0.3) is 0 Å². The van der Waals surface area contributed by atoms with Crippen LogP contribution in [-0.4, -0.2) is 20.5 Å².